The van der Waals surface area contributed by atoms with Gasteiger partial charge in [-0.3, -0.25) is 14.7 Å². The SMILES string of the molecule is Cc1sc(C=O)cc1C(=O)c1ccn[nH]1. The van der Waals surface area contributed by atoms with Crippen LogP contribution in [0.5, 0.6) is 0 Å². The van der Waals surface area contributed by atoms with E-state index < -0.39 is 0 Å². The topological polar surface area (TPSA) is 62.8 Å². The summed E-state index contributed by atoms with van der Waals surface area (Å²) in [5.74, 6) is -0.130. The lowest BCUT2D eigenvalue weighted by molar-refractivity contribution is 0.103. The summed E-state index contributed by atoms with van der Waals surface area (Å²) in [6.07, 6.45) is 2.27. The van der Waals surface area contributed by atoms with Crippen LogP contribution in [0.15, 0.2) is 18.3 Å². The summed E-state index contributed by atoms with van der Waals surface area (Å²) in [4.78, 5) is 23.8. The van der Waals surface area contributed by atoms with Gasteiger partial charge in [0.25, 0.3) is 0 Å². The van der Waals surface area contributed by atoms with Crippen LogP contribution in [0.3, 0.4) is 0 Å². The fourth-order valence-electron chi connectivity index (χ4n) is 1.32. The van der Waals surface area contributed by atoms with Gasteiger partial charge in [0.2, 0.25) is 5.78 Å². The van der Waals surface area contributed by atoms with Crippen LogP contribution in [0.4, 0.5) is 0 Å². The van der Waals surface area contributed by atoms with E-state index in [-0.39, 0.29) is 5.78 Å². The summed E-state index contributed by atoms with van der Waals surface area (Å²) in [6, 6.07) is 3.22. The molecule has 1 N–H and O–H groups in total. The number of aromatic nitrogens is 2. The van der Waals surface area contributed by atoms with E-state index in [1.54, 1.807) is 12.1 Å². The van der Waals surface area contributed by atoms with Gasteiger partial charge < -0.3 is 0 Å². The lowest BCUT2D eigenvalue weighted by Gasteiger charge is -1.94. The maximum Gasteiger partial charge on any atom is 0.211 e. The predicted molar refractivity (Wildman–Crippen MR) is 56.5 cm³/mol. The van der Waals surface area contributed by atoms with E-state index in [1.807, 2.05) is 6.92 Å². The van der Waals surface area contributed by atoms with E-state index >= 15 is 0 Å². The summed E-state index contributed by atoms with van der Waals surface area (Å²) in [6.45, 7) is 1.82. The molecule has 2 heterocycles. The van der Waals surface area contributed by atoms with Gasteiger partial charge in [0.1, 0.15) is 5.69 Å². The first-order valence-corrected chi connectivity index (χ1v) is 5.13. The fraction of sp³-hybridized carbons (Fsp3) is 0.100. The lowest BCUT2D eigenvalue weighted by atomic mass is 10.1. The average molecular weight is 220 g/mol. The summed E-state index contributed by atoms with van der Waals surface area (Å²) in [7, 11) is 0. The van der Waals surface area contributed by atoms with Crippen LogP contribution >= 0.6 is 11.3 Å². The van der Waals surface area contributed by atoms with Crippen LogP contribution in [0.2, 0.25) is 0 Å². The first kappa shape index (κ1) is 9.79. The Kier molecular flexibility index (Phi) is 2.47. The van der Waals surface area contributed by atoms with Crippen molar-refractivity contribution in [2.24, 2.45) is 0 Å². The number of aromatic amines is 1. The van der Waals surface area contributed by atoms with Crippen molar-refractivity contribution in [3.8, 4) is 0 Å². The van der Waals surface area contributed by atoms with Crippen LogP contribution in [-0.4, -0.2) is 22.3 Å². The number of ketones is 1. The molecule has 0 bridgehead atoms. The van der Waals surface area contributed by atoms with E-state index in [0.717, 1.165) is 11.2 Å². The van der Waals surface area contributed by atoms with E-state index in [9.17, 15) is 9.59 Å². The minimum Gasteiger partial charge on any atom is -0.297 e. The minimum atomic E-state index is -0.130. The molecule has 0 amide bonds. The number of carbonyl (C=O) groups excluding carboxylic acids is 2. The number of nitrogens with one attached hydrogen (secondary N) is 1. The van der Waals surface area contributed by atoms with Crippen molar-refractivity contribution in [3.63, 3.8) is 0 Å². The number of aldehydes is 1. The molecule has 15 heavy (non-hydrogen) atoms. The Balaban J connectivity index is 2.41. The van der Waals surface area contributed by atoms with Crippen molar-refractivity contribution < 1.29 is 9.59 Å². The molecule has 0 aliphatic rings. The van der Waals surface area contributed by atoms with Crippen molar-refractivity contribution >= 4 is 23.4 Å². The molecule has 0 fully saturated rings. The van der Waals surface area contributed by atoms with Gasteiger partial charge in [-0.25, -0.2) is 0 Å². The highest BCUT2D eigenvalue weighted by Gasteiger charge is 2.15. The van der Waals surface area contributed by atoms with Gasteiger partial charge in [0, 0.05) is 16.6 Å². The largest absolute Gasteiger partial charge is 0.297 e. The molecule has 0 saturated heterocycles. The second-order valence-electron chi connectivity index (χ2n) is 3.04. The normalized spacial score (nSPS) is 10.2. The third-order valence-electron chi connectivity index (χ3n) is 2.04. The van der Waals surface area contributed by atoms with Crippen molar-refractivity contribution in [3.05, 3.63) is 39.3 Å². The highest BCUT2D eigenvalue weighted by Crippen LogP contribution is 2.22. The molecule has 0 radical (unpaired) electrons. The van der Waals surface area contributed by atoms with Crippen molar-refractivity contribution in [2.45, 2.75) is 6.92 Å². The number of carbonyl (C=O) groups is 2. The highest BCUT2D eigenvalue weighted by molar-refractivity contribution is 7.14. The van der Waals surface area contributed by atoms with Crippen LogP contribution < -0.4 is 0 Å². The standard InChI is InChI=1S/C10H8N2O2S/c1-6-8(4-7(5-13)15-6)10(14)9-2-3-11-12-9/h2-5H,1H3,(H,11,12). The summed E-state index contributed by atoms with van der Waals surface area (Å²) >= 11 is 1.32. The Morgan fingerprint density at radius 1 is 1.60 bits per heavy atom. The summed E-state index contributed by atoms with van der Waals surface area (Å²) in [5, 5.41) is 6.32. The van der Waals surface area contributed by atoms with E-state index in [2.05, 4.69) is 10.2 Å². The monoisotopic (exact) mass is 220 g/mol. The van der Waals surface area contributed by atoms with Crippen LogP contribution in [-0.2, 0) is 0 Å². The molecule has 0 aliphatic carbocycles. The smallest absolute Gasteiger partial charge is 0.211 e. The van der Waals surface area contributed by atoms with Gasteiger partial charge in [-0.1, -0.05) is 0 Å². The zero-order chi connectivity index (χ0) is 10.8. The molecule has 2 aromatic heterocycles. The zero-order valence-electron chi connectivity index (χ0n) is 7.98. The zero-order valence-corrected chi connectivity index (χ0v) is 8.80. The molecule has 0 spiro atoms. The van der Waals surface area contributed by atoms with E-state index in [1.165, 1.54) is 17.5 Å². The molecule has 0 atom stereocenters. The van der Waals surface area contributed by atoms with Crippen molar-refractivity contribution in [1.82, 2.24) is 10.2 Å². The maximum absolute atomic E-state index is 11.9. The maximum atomic E-state index is 11.9. The molecule has 76 valence electrons. The van der Waals surface area contributed by atoms with Gasteiger partial charge in [-0.05, 0) is 19.1 Å². The van der Waals surface area contributed by atoms with Crippen LogP contribution in [0, 0.1) is 6.92 Å². The van der Waals surface area contributed by atoms with Gasteiger partial charge in [0.15, 0.2) is 6.29 Å². The number of rotatable bonds is 3. The van der Waals surface area contributed by atoms with E-state index in [0.29, 0.717) is 16.1 Å². The molecule has 0 saturated carbocycles. The third kappa shape index (κ3) is 1.73. The summed E-state index contributed by atoms with van der Waals surface area (Å²) in [5.41, 5.74) is 1.000. The lowest BCUT2D eigenvalue weighted by Crippen LogP contribution is -2.01. The van der Waals surface area contributed by atoms with Gasteiger partial charge in [-0.2, -0.15) is 5.10 Å². The molecule has 0 aromatic carbocycles. The molecule has 0 unspecified atom stereocenters. The highest BCUT2D eigenvalue weighted by atomic mass is 32.1. The first-order chi connectivity index (χ1) is 7.22. The molecule has 2 aromatic rings. The molecular formula is C10H8N2O2S. The number of H-pyrrole nitrogens is 1. The van der Waals surface area contributed by atoms with Gasteiger partial charge in [-0.15, -0.1) is 11.3 Å². The number of thiophene rings is 1. The Bertz CT molecular complexity index is 499. The number of aryl methyl sites for hydroxylation is 1. The van der Waals surface area contributed by atoms with Crippen LogP contribution in [0.1, 0.15) is 30.6 Å². The number of hydrogen-bond acceptors (Lipinski definition) is 4. The van der Waals surface area contributed by atoms with Crippen molar-refractivity contribution in [1.29, 1.82) is 0 Å². The Morgan fingerprint density at radius 2 is 2.40 bits per heavy atom. The Morgan fingerprint density at radius 3 is 2.93 bits per heavy atom. The second kappa shape index (κ2) is 3.78. The first-order valence-electron chi connectivity index (χ1n) is 4.32. The van der Waals surface area contributed by atoms with E-state index in [4.69, 9.17) is 0 Å². The Hall–Kier alpha value is -1.75. The third-order valence-corrected chi connectivity index (χ3v) is 3.02. The predicted octanol–water partition coefficient (Wildman–Crippen LogP) is 1.82. The molecule has 5 heteroatoms. The number of hydrogen-bond donors (Lipinski definition) is 1. The Labute approximate surface area is 89.9 Å². The van der Waals surface area contributed by atoms with Gasteiger partial charge in [0.05, 0.1) is 4.88 Å². The quantitative estimate of drug-likeness (QED) is 0.634. The van der Waals surface area contributed by atoms with Gasteiger partial charge >= 0.3 is 0 Å². The minimum absolute atomic E-state index is 0.130. The fourth-order valence-corrected chi connectivity index (χ4v) is 2.16. The molecule has 2 rings (SSSR count). The molecular weight excluding hydrogens is 212 g/mol. The molecule has 4 nitrogen and oxygen atoms in total. The average Bonchev–Trinajstić information content (AvgIpc) is 2.85. The van der Waals surface area contributed by atoms with Crippen molar-refractivity contribution in [2.75, 3.05) is 0 Å². The van der Waals surface area contributed by atoms with Crippen LogP contribution in [0.25, 0.3) is 0 Å². The number of nitrogens with zero attached hydrogens (tertiary/aromatic N) is 1. The second-order valence-corrected chi connectivity index (χ2v) is 4.32. The summed E-state index contributed by atoms with van der Waals surface area (Å²) < 4.78 is 0. The molecule has 0 aliphatic heterocycles.